The predicted octanol–water partition coefficient (Wildman–Crippen LogP) is 3.52. The van der Waals surface area contributed by atoms with Gasteiger partial charge < -0.3 is 4.74 Å². The van der Waals surface area contributed by atoms with E-state index in [1.165, 1.54) is 5.56 Å². The molecule has 0 amide bonds. The molecule has 0 radical (unpaired) electrons. The van der Waals surface area contributed by atoms with E-state index in [0.717, 1.165) is 5.56 Å². The molecule has 18 heavy (non-hydrogen) atoms. The van der Waals surface area contributed by atoms with Crippen LogP contribution in [0.5, 0.6) is 0 Å². The second-order valence-electron chi connectivity index (χ2n) is 5.91. The van der Waals surface area contributed by atoms with Gasteiger partial charge in [-0.2, -0.15) is 0 Å². The Morgan fingerprint density at radius 1 is 1.22 bits per heavy atom. The summed E-state index contributed by atoms with van der Waals surface area (Å²) in [6.45, 7) is 8.48. The van der Waals surface area contributed by atoms with E-state index < -0.39 is 0 Å². The third-order valence-corrected chi connectivity index (χ3v) is 3.14. The third kappa shape index (κ3) is 4.61. The number of ketones is 1. The first kappa shape index (κ1) is 14.9. The summed E-state index contributed by atoms with van der Waals surface area (Å²) >= 11 is 0. The number of carbonyl (C=O) groups is 1. The number of carbonyl (C=O) groups excluding carboxylic acids is 1. The smallest absolute Gasteiger partial charge is 0.139 e. The number of methoxy groups -OCH3 is 1. The zero-order valence-corrected chi connectivity index (χ0v) is 12.1. The summed E-state index contributed by atoms with van der Waals surface area (Å²) in [5, 5.41) is 0. The van der Waals surface area contributed by atoms with Gasteiger partial charge in [-0.1, -0.05) is 45.0 Å². The molecule has 1 atom stereocenters. The largest absolute Gasteiger partial charge is 0.381 e. The second kappa shape index (κ2) is 6.14. The van der Waals surface area contributed by atoms with E-state index >= 15 is 0 Å². The Hall–Kier alpha value is -1.15. The Balaban J connectivity index is 2.61. The van der Waals surface area contributed by atoms with Crippen molar-refractivity contribution >= 4 is 5.78 Å². The van der Waals surface area contributed by atoms with Crippen molar-refractivity contribution in [3.05, 3.63) is 35.4 Å². The molecule has 2 nitrogen and oxygen atoms in total. The highest BCUT2D eigenvalue weighted by Gasteiger charge is 2.14. The fraction of sp³-hybridized carbons (Fsp3) is 0.562. The Labute approximate surface area is 110 Å². The van der Waals surface area contributed by atoms with Crippen LogP contribution in [0.15, 0.2) is 24.3 Å². The summed E-state index contributed by atoms with van der Waals surface area (Å²) in [5.74, 6) is 0.229. The van der Waals surface area contributed by atoms with Gasteiger partial charge in [-0.3, -0.25) is 4.79 Å². The van der Waals surface area contributed by atoms with Crippen LogP contribution in [0.4, 0.5) is 0 Å². The molecule has 1 rings (SSSR count). The van der Waals surface area contributed by atoms with Crippen LogP contribution in [0, 0.1) is 0 Å². The minimum atomic E-state index is 0.00588. The predicted molar refractivity (Wildman–Crippen MR) is 74.9 cm³/mol. The van der Waals surface area contributed by atoms with E-state index in [-0.39, 0.29) is 17.3 Å². The van der Waals surface area contributed by atoms with Crippen molar-refractivity contribution in [1.29, 1.82) is 0 Å². The number of benzene rings is 1. The number of Topliss-reactive ketones (excluding diaryl/α,β-unsaturated/α-hetero) is 1. The third-order valence-electron chi connectivity index (χ3n) is 3.14. The average molecular weight is 248 g/mol. The van der Waals surface area contributed by atoms with Crippen molar-refractivity contribution in [1.82, 2.24) is 0 Å². The van der Waals surface area contributed by atoms with Gasteiger partial charge >= 0.3 is 0 Å². The summed E-state index contributed by atoms with van der Waals surface area (Å²) in [6.07, 6.45) is 0.988. The molecule has 100 valence electrons. The van der Waals surface area contributed by atoms with Crippen molar-refractivity contribution in [2.24, 2.45) is 0 Å². The van der Waals surface area contributed by atoms with Gasteiger partial charge in [0.2, 0.25) is 0 Å². The fourth-order valence-corrected chi connectivity index (χ4v) is 1.83. The van der Waals surface area contributed by atoms with E-state index in [1.54, 1.807) is 7.11 Å². The lowest BCUT2D eigenvalue weighted by Gasteiger charge is -2.19. The quantitative estimate of drug-likeness (QED) is 0.797. The molecule has 0 aliphatic carbocycles. The molecule has 2 heteroatoms. The molecule has 0 aromatic heterocycles. The first-order valence-electron chi connectivity index (χ1n) is 6.47. The minimum absolute atomic E-state index is 0.00588. The van der Waals surface area contributed by atoms with Gasteiger partial charge in [0.25, 0.3) is 0 Å². The maximum absolute atomic E-state index is 11.8. The van der Waals surface area contributed by atoms with Crippen LogP contribution in [0.3, 0.4) is 0 Å². The van der Waals surface area contributed by atoms with Gasteiger partial charge in [0.05, 0.1) is 6.10 Å². The van der Waals surface area contributed by atoms with E-state index in [2.05, 4.69) is 45.0 Å². The zero-order chi connectivity index (χ0) is 13.8. The van der Waals surface area contributed by atoms with Crippen LogP contribution in [0.1, 0.15) is 45.2 Å². The number of hydrogen-bond acceptors (Lipinski definition) is 2. The van der Waals surface area contributed by atoms with Gasteiger partial charge in [0.15, 0.2) is 0 Å². The lowest BCUT2D eigenvalue weighted by molar-refractivity contribution is -0.120. The number of hydrogen-bond donors (Lipinski definition) is 0. The van der Waals surface area contributed by atoms with Crippen LogP contribution in [-0.4, -0.2) is 19.0 Å². The summed E-state index contributed by atoms with van der Waals surface area (Å²) in [4.78, 5) is 11.8. The van der Waals surface area contributed by atoms with Gasteiger partial charge in [0, 0.05) is 20.0 Å². The molecule has 0 saturated carbocycles. The lowest BCUT2D eigenvalue weighted by atomic mass is 9.86. The molecule has 0 N–H and O–H groups in total. The van der Waals surface area contributed by atoms with E-state index in [9.17, 15) is 4.79 Å². The Kier molecular flexibility index (Phi) is 5.09. The molecule has 1 aromatic carbocycles. The Morgan fingerprint density at radius 2 is 1.78 bits per heavy atom. The summed E-state index contributed by atoms with van der Waals surface area (Å²) in [5.41, 5.74) is 2.54. The summed E-state index contributed by atoms with van der Waals surface area (Å²) in [7, 11) is 1.63. The van der Waals surface area contributed by atoms with Crippen molar-refractivity contribution < 1.29 is 9.53 Å². The molecule has 0 fully saturated rings. The first-order chi connectivity index (χ1) is 8.32. The zero-order valence-electron chi connectivity index (χ0n) is 12.1. The van der Waals surface area contributed by atoms with E-state index in [1.807, 2.05) is 6.92 Å². The Morgan fingerprint density at radius 3 is 2.22 bits per heavy atom. The van der Waals surface area contributed by atoms with Crippen LogP contribution >= 0.6 is 0 Å². The Bertz CT molecular complexity index is 385. The van der Waals surface area contributed by atoms with Crippen LogP contribution < -0.4 is 0 Å². The fourth-order valence-electron chi connectivity index (χ4n) is 1.83. The van der Waals surface area contributed by atoms with Gasteiger partial charge in [-0.25, -0.2) is 0 Å². The molecule has 0 aliphatic heterocycles. The van der Waals surface area contributed by atoms with Crippen LogP contribution in [0.25, 0.3) is 0 Å². The normalized spacial score (nSPS) is 13.4. The minimum Gasteiger partial charge on any atom is -0.381 e. The van der Waals surface area contributed by atoms with Crippen LogP contribution in [-0.2, 0) is 21.4 Å². The molecular formula is C16H24O2. The van der Waals surface area contributed by atoms with Gasteiger partial charge in [-0.05, 0) is 23.5 Å². The van der Waals surface area contributed by atoms with Gasteiger partial charge in [0.1, 0.15) is 5.78 Å². The molecule has 0 aliphatic rings. The van der Waals surface area contributed by atoms with Crippen LogP contribution in [0.2, 0.25) is 0 Å². The van der Waals surface area contributed by atoms with Crippen molar-refractivity contribution in [3.63, 3.8) is 0 Å². The highest BCUT2D eigenvalue weighted by atomic mass is 16.5. The standard InChI is InChI=1S/C16H24O2/c1-12(18-5)10-15(17)11-13-6-8-14(9-7-13)16(2,3)4/h6-9,12H,10-11H2,1-5H3. The molecule has 1 aromatic rings. The molecule has 0 heterocycles. The molecule has 1 unspecified atom stereocenters. The van der Waals surface area contributed by atoms with Crippen molar-refractivity contribution in [3.8, 4) is 0 Å². The number of ether oxygens (including phenoxy) is 1. The molecule has 0 saturated heterocycles. The summed E-state index contributed by atoms with van der Waals surface area (Å²) < 4.78 is 5.10. The first-order valence-corrected chi connectivity index (χ1v) is 6.47. The van der Waals surface area contributed by atoms with Crippen molar-refractivity contribution in [2.45, 2.75) is 52.1 Å². The van der Waals surface area contributed by atoms with E-state index in [0.29, 0.717) is 12.8 Å². The second-order valence-corrected chi connectivity index (χ2v) is 5.91. The molecular weight excluding hydrogens is 224 g/mol. The lowest BCUT2D eigenvalue weighted by Crippen LogP contribution is -2.14. The SMILES string of the molecule is COC(C)CC(=O)Cc1ccc(C(C)(C)C)cc1. The van der Waals surface area contributed by atoms with Gasteiger partial charge in [-0.15, -0.1) is 0 Å². The summed E-state index contributed by atoms with van der Waals surface area (Å²) in [6, 6.07) is 8.33. The maximum Gasteiger partial charge on any atom is 0.139 e. The molecule has 0 bridgehead atoms. The number of rotatable bonds is 5. The maximum atomic E-state index is 11.8. The average Bonchev–Trinajstić information content (AvgIpc) is 2.28. The molecule has 0 spiro atoms. The van der Waals surface area contributed by atoms with E-state index in [4.69, 9.17) is 4.74 Å². The topological polar surface area (TPSA) is 26.3 Å². The monoisotopic (exact) mass is 248 g/mol. The highest BCUT2D eigenvalue weighted by Crippen LogP contribution is 2.22. The highest BCUT2D eigenvalue weighted by molar-refractivity contribution is 5.81. The van der Waals surface area contributed by atoms with Crippen molar-refractivity contribution in [2.75, 3.05) is 7.11 Å².